The number of methoxy groups -OCH3 is 1. The smallest absolute Gasteiger partial charge is 0.408 e. The van der Waals surface area contributed by atoms with Crippen molar-refractivity contribution in [2.75, 3.05) is 20.2 Å². The lowest BCUT2D eigenvalue weighted by atomic mass is 9.96. The Morgan fingerprint density at radius 3 is 3.05 bits per heavy atom. The van der Waals surface area contributed by atoms with E-state index >= 15 is 0 Å². The molecule has 1 N–H and O–H groups in total. The topological polar surface area (TPSA) is 56.8 Å². The molecule has 1 atom stereocenters. The molecule has 5 nitrogen and oxygen atoms in total. The average molecular weight is 272 g/mol. The van der Waals surface area contributed by atoms with E-state index in [1.807, 2.05) is 0 Å². The number of hydrogen-bond acceptors (Lipinski definition) is 4. The summed E-state index contributed by atoms with van der Waals surface area (Å²) in [5, 5.41) is 2.51. The molecule has 0 spiro atoms. The van der Waals surface area contributed by atoms with Crippen LogP contribution in [0.5, 0.6) is 11.5 Å². The molecule has 1 aromatic rings. The number of amides is 1. The Hall–Kier alpha value is -1.91. The monoisotopic (exact) mass is 272 g/mol. The highest BCUT2D eigenvalue weighted by atomic mass is 16.6. The average Bonchev–Trinajstić information content (AvgIpc) is 2.86. The van der Waals surface area contributed by atoms with Gasteiger partial charge in [-0.3, -0.25) is 0 Å². The molecular weight excluding hydrogens is 246 g/mol. The lowest BCUT2D eigenvalue weighted by Gasteiger charge is -2.23. The van der Waals surface area contributed by atoms with Gasteiger partial charge in [0.25, 0.3) is 0 Å². The molecule has 19 heavy (non-hydrogen) atoms. The first kappa shape index (κ1) is 7.03. The SMILES string of the molecule is [2H]C([2H])([2H])C([2H])([2H])C([2H])([2H])Oc1cc([C@]2(C)CNC(=O)O2)ccc1OC. The van der Waals surface area contributed by atoms with Crippen LogP contribution in [0.3, 0.4) is 0 Å². The van der Waals surface area contributed by atoms with Gasteiger partial charge in [-0.25, -0.2) is 4.79 Å². The lowest BCUT2D eigenvalue weighted by Crippen LogP contribution is -2.26. The summed E-state index contributed by atoms with van der Waals surface area (Å²) in [5.74, 6) is -0.146. The first-order chi connectivity index (χ1) is 11.7. The second kappa shape index (κ2) is 5.38. The van der Waals surface area contributed by atoms with Gasteiger partial charge in [0, 0.05) is 12.4 Å². The summed E-state index contributed by atoms with van der Waals surface area (Å²) in [6, 6.07) is 4.34. The van der Waals surface area contributed by atoms with Crippen molar-refractivity contribution in [3.63, 3.8) is 0 Å². The Kier molecular flexibility index (Phi) is 1.99. The quantitative estimate of drug-likeness (QED) is 0.894. The third-order valence-electron chi connectivity index (χ3n) is 2.87. The summed E-state index contributed by atoms with van der Waals surface area (Å²) < 4.78 is 68.0. The summed E-state index contributed by atoms with van der Waals surface area (Å²) in [6.45, 7) is -4.64. The summed E-state index contributed by atoms with van der Waals surface area (Å²) >= 11 is 0. The molecule has 0 aromatic heterocycles. The third-order valence-corrected chi connectivity index (χ3v) is 2.87. The van der Waals surface area contributed by atoms with Gasteiger partial charge in [0.15, 0.2) is 17.1 Å². The van der Waals surface area contributed by atoms with E-state index in [0.29, 0.717) is 5.56 Å². The van der Waals surface area contributed by atoms with Gasteiger partial charge in [-0.2, -0.15) is 0 Å². The molecule has 1 heterocycles. The fourth-order valence-corrected chi connectivity index (χ4v) is 1.84. The summed E-state index contributed by atoms with van der Waals surface area (Å²) in [7, 11) is 1.30. The Labute approximate surface area is 122 Å². The van der Waals surface area contributed by atoms with E-state index in [2.05, 4.69) is 5.32 Å². The van der Waals surface area contributed by atoms with E-state index in [-0.39, 0.29) is 18.0 Å². The van der Waals surface area contributed by atoms with E-state index in [4.69, 9.17) is 23.8 Å². The second-order valence-electron chi connectivity index (χ2n) is 4.17. The molecule has 1 aliphatic heterocycles. The fourth-order valence-electron chi connectivity index (χ4n) is 1.84. The predicted molar refractivity (Wildman–Crippen MR) is 70.6 cm³/mol. The zero-order chi connectivity index (χ0) is 20.0. The molecule has 104 valence electrons. The standard InChI is InChI=1S/C14H19NO4/c1-4-7-18-12-8-10(5-6-11(12)17-3)14(2)9-15-13(16)19-14/h5-6,8H,4,7,9H2,1-3H3,(H,15,16)/t14-/m0/s1/i1D3,4D2,7D2. The van der Waals surface area contributed by atoms with Crippen LogP contribution in [0.2, 0.25) is 0 Å². The first-order valence-electron chi connectivity index (χ1n) is 9.08. The van der Waals surface area contributed by atoms with Crippen LogP contribution in [-0.4, -0.2) is 26.3 Å². The predicted octanol–water partition coefficient (Wildman–Crippen LogP) is 2.44. The number of carbonyl (C=O) groups excluding carboxylic acids is 1. The van der Waals surface area contributed by atoms with Crippen LogP contribution < -0.4 is 14.8 Å². The third kappa shape index (κ3) is 2.75. The van der Waals surface area contributed by atoms with Crippen molar-refractivity contribution in [2.24, 2.45) is 0 Å². The molecule has 5 heteroatoms. The lowest BCUT2D eigenvalue weighted by molar-refractivity contribution is 0.0701. The molecule has 0 unspecified atom stereocenters. The van der Waals surface area contributed by atoms with Crippen molar-refractivity contribution in [3.05, 3.63) is 23.8 Å². The molecule has 1 saturated heterocycles. The molecule has 0 bridgehead atoms. The van der Waals surface area contributed by atoms with Crippen LogP contribution in [0, 0.1) is 0 Å². The molecule has 1 amide bonds. The van der Waals surface area contributed by atoms with Crippen molar-refractivity contribution < 1.29 is 28.6 Å². The molecule has 1 fully saturated rings. The van der Waals surface area contributed by atoms with E-state index in [1.54, 1.807) is 13.0 Å². The minimum atomic E-state index is -3.29. The van der Waals surface area contributed by atoms with Gasteiger partial charge < -0.3 is 19.5 Å². The molecular formula is C14H19NO4. The zero-order valence-electron chi connectivity index (χ0n) is 17.6. The molecule has 1 aliphatic rings. The molecule has 1 aromatic carbocycles. The first-order valence-corrected chi connectivity index (χ1v) is 5.58. The summed E-state index contributed by atoms with van der Waals surface area (Å²) in [6.07, 6.45) is -3.90. The maximum Gasteiger partial charge on any atom is 0.408 e. The van der Waals surface area contributed by atoms with Crippen molar-refractivity contribution in [1.82, 2.24) is 5.32 Å². The number of hydrogen-bond donors (Lipinski definition) is 1. The van der Waals surface area contributed by atoms with Gasteiger partial charge in [-0.05, 0) is 25.4 Å². The number of benzene rings is 1. The van der Waals surface area contributed by atoms with Gasteiger partial charge >= 0.3 is 6.09 Å². The van der Waals surface area contributed by atoms with Gasteiger partial charge in [0.05, 0.1) is 23.0 Å². The van der Waals surface area contributed by atoms with Gasteiger partial charge in [0.2, 0.25) is 0 Å². The van der Waals surface area contributed by atoms with Gasteiger partial charge in [0.1, 0.15) is 0 Å². The van der Waals surface area contributed by atoms with Crippen molar-refractivity contribution in [3.8, 4) is 11.5 Å². The van der Waals surface area contributed by atoms with Crippen molar-refractivity contribution >= 4 is 6.09 Å². The highest BCUT2D eigenvalue weighted by Crippen LogP contribution is 2.35. The Morgan fingerprint density at radius 2 is 2.42 bits per heavy atom. The highest BCUT2D eigenvalue weighted by molar-refractivity contribution is 5.70. The maximum atomic E-state index is 11.3. The second-order valence-corrected chi connectivity index (χ2v) is 4.17. The van der Waals surface area contributed by atoms with Crippen LogP contribution in [0.15, 0.2) is 18.2 Å². The van der Waals surface area contributed by atoms with E-state index < -0.39 is 31.5 Å². The van der Waals surface area contributed by atoms with Crippen LogP contribution in [0.4, 0.5) is 4.79 Å². The van der Waals surface area contributed by atoms with Crippen LogP contribution in [-0.2, 0) is 10.3 Å². The summed E-state index contributed by atoms with van der Waals surface area (Å²) in [5.41, 5.74) is -0.603. The fraction of sp³-hybridized carbons (Fsp3) is 0.500. The van der Waals surface area contributed by atoms with Crippen LogP contribution in [0.25, 0.3) is 0 Å². The van der Waals surface area contributed by atoms with Crippen LogP contribution >= 0.6 is 0 Å². The number of nitrogens with one attached hydrogen (secondary N) is 1. The van der Waals surface area contributed by atoms with Gasteiger partial charge in [-0.1, -0.05) is 12.9 Å². The highest BCUT2D eigenvalue weighted by Gasteiger charge is 2.37. The Balaban J connectivity index is 2.42. The van der Waals surface area contributed by atoms with E-state index in [0.717, 1.165) is 0 Å². The van der Waals surface area contributed by atoms with E-state index in [9.17, 15) is 4.79 Å². The van der Waals surface area contributed by atoms with E-state index in [1.165, 1.54) is 19.2 Å². The number of rotatable bonds is 5. The Morgan fingerprint density at radius 1 is 1.58 bits per heavy atom. The largest absolute Gasteiger partial charge is 0.493 e. The molecule has 0 saturated carbocycles. The van der Waals surface area contributed by atoms with Crippen molar-refractivity contribution in [1.29, 1.82) is 0 Å². The number of ether oxygens (including phenoxy) is 3. The molecule has 0 aliphatic carbocycles. The number of carbonyl (C=O) groups is 1. The minimum Gasteiger partial charge on any atom is -0.493 e. The van der Waals surface area contributed by atoms with Crippen LogP contribution in [0.1, 0.15) is 35.3 Å². The van der Waals surface area contributed by atoms with Crippen molar-refractivity contribution in [2.45, 2.75) is 25.7 Å². The normalized spacial score (nSPS) is 29.4. The molecule has 2 rings (SSSR count). The summed E-state index contributed by atoms with van der Waals surface area (Å²) in [4.78, 5) is 11.3. The maximum absolute atomic E-state index is 11.3. The zero-order valence-corrected chi connectivity index (χ0v) is 10.6. The Bertz CT molecular complexity index is 707. The molecule has 0 radical (unpaired) electrons. The van der Waals surface area contributed by atoms with Gasteiger partial charge in [-0.15, -0.1) is 0 Å². The number of cyclic esters (lactones) is 1. The minimum absolute atomic E-state index is 0.0693. The number of alkyl carbamates (subject to hydrolysis) is 1.